The van der Waals surface area contributed by atoms with Gasteiger partial charge in [-0.3, -0.25) is 4.40 Å². The van der Waals surface area contributed by atoms with Crippen molar-refractivity contribution < 1.29 is 0 Å². The number of hydrogen-bond donors (Lipinski definition) is 2. The average Bonchev–Trinajstić information content (AvgIpc) is 3.24. The summed E-state index contributed by atoms with van der Waals surface area (Å²) >= 11 is 0. The number of aliphatic imine (C=N–C) groups is 1. The first-order valence-corrected chi connectivity index (χ1v) is 9.93. The van der Waals surface area contributed by atoms with Gasteiger partial charge in [0.15, 0.2) is 17.4 Å². The Labute approximate surface area is 179 Å². The molecule has 0 spiro atoms. The van der Waals surface area contributed by atoms with E-state index in [0.29, 0.717) is 12.0 Å². The molecular formula is C20H33IN6. The van der Waals surface area contributed by atoms with Crippen LogP contribution in [0.25, 0.3) is 5.65 Å². The molecular weight excluding hydrogens is 451 g/mol. The van der Waals surface area contributed by atoms with Crippen molar-refractivity contribution in [3.63, 3.8) is 0 Å². The third kappa shape index (κ3) is 5.80. The van der Waals surface area contributed by atoms with Gasteiger partial charge in [-0.15, -0.1) is 34.2 Å². The minimum Gasteiger partial charge on any atom is -0.357 e. The lowest BCUT2D eigenvalue weighted by Crippen LogP contribution is -2.43. The van der Waals surface area contributed by atoms with Crippen molar-refractivity contribution in [1.82, 2.24) is 25.2 Å². The van der Waals surface area contributed by atoms with Crippen LogP contribution in [0.1, 0.15) is 58.7 Å². The largest absolute Gasteiger partial charge is 0.357 e. The number of guanidine groups is 1. The molecule has 2 aromatic heterocycles. The Hall–Kier alpha value is -1.38. The SMILES string of the molecule is CCNC(=NCc1nnc2ccccn12)NCC1(CC(C)C)CCCC1.I. The Morgan fingerprint density at radius 3 is 2.70 bits per heavy atom. The highest BCUT2D eigenvalue weighted by atomic mass is 127. The predicted octanol–water partition coefficient (Wildman–Crippen LogP) is 4.01. The maximum absolute atomic E-state index is 4.75. The molecule has 1 aliphatic carbocycles. The van der Waals surface area contributed by atoms with E-state index in [1.165, 1.54) is 32.1 Å². The number of halogens is 1. The lowest BCUT2D eigenvalue weighted by molar-refractivity contribution is 0.235. The van der Waals surface area contributed by atoms with Crippen LogP contribution in [0.3, 0.4) is 0 Å². The summed E-state index contributed by atoms with van der Waals surface area (Å²) in [6, 6.07) is 5.92. The van der Waals surface area contributed by atoms with Crippen molar-refractivity contribution in [3.8, 4) is 0 Å². The summed E-state index contributed by atoms with van der Waals surface area (Å²) in [7, 11) is 0. The molecule has 2 N–H and O–H groups in total. The molecule has 1 aliphatic rings. The highest BCUT2D eigenvalue weighted by Crippen LogP contribution is 2.42. The van der Waals surface area contributed by atoms with Crippen molar-refractivity contribution in [2.45, 2.75) is 59.4 Å². The Balaban J connectivity index is 0.00000261. The van der Waals surface area contributed by atoms with E-state index < -0.39 is 0 Å². The van der Waals surface area contributed by atoms with Gasteiger partial charge in [0, 0.05) is 19.3 Å². The maximum atomic E-state index is 4.75. The van der Waals surface area contributed by atoms with Crippen molar-refractivity contribution in [2.75, 3.05) is 13.1 Å². The summed E-state index contributed by atoms with van der Waals surface area (Å²) in [4.78, 5) is 4.75. The molecule has 7 heteroatoms. The van der Waals surface area contributed by atoms with Gasteiger partial charge in [-0.1, -0.05) is 32.8 Å². The van der Waals surface area contributed by atoms with Crippen LogP contribution < -0.4 is 10.6 Å². The van der Waals surface area contributed by atoms with Gasteiger partial charge in [-0.05, 0) is 49.7 Å². The van der Waals surface area contributed by atoms with Gasteiger partial charge in [-0.25, -0.2) is 4.99 Å². The number of fused-ring (bicyclic) bond motifs is 1. The molecule has 2 heterocycles. The van der Waals surface area contributed by atoms with Gasteiger partial charge < -0.3 is 10.6 Å². The summed E-state index contributed by atoms with van der Waals surface area (Å²) in [6.07, 6.45) is 8.63. The molecule has 0 bridgehead atoms. The molecule has 1 saturated carbocycles. The zero-order chi connectivity index (χ0) is 18.4. The molecule has 0 saturated heterocycles. The molecule has 6 nitrogen and oxygen atoms in total. The summed E-state index contributed by atoms with van der Waals surface area (Å²) in [5, 5.41) is 15.4. The first-order chi connectivity index (χ1) is 12.6. The summed E-state index contributed by atoms with van der Waals surface area (Å²) in [5.74, 6) is 2.46. The van der Waals surface area contributed by atoms with E-state index in [0.717, 1.165) is 36.4 Å². The highest BCUT2D eigenvalue weighted by Gasteiger charge is 2.34. The quantitative estimate of drug-likeness (QED) is 0.354. The molecule has 3 rings (SSSR count). The van der Waals surface area contributed by atoms with Crippen LogP contribution in [-0.4, -0.2) is 33.6 Å². The summed E-state index contributed by atoms with van der Waals surface area (Å²) in [5.41, 5.74) is 1.28. The smallest absolute Gasteiger partial charge is 0.191 e. The second-order valence-corrected chi connectivity index (χ2v) is 7.90. The molecule has 0 unspecified atom stereocenters. The number of nitrogens with one attached hydrogen (secondary N) is 2. The normalized spacial score (nSPS) is 16.5. The molecule has 1 fully saturated rings. The van der Waals surface area contributed by atoms with Crippen molar-refractivity contribution in [3.05, 3.63) is 30.2 Å². The van der Waals surface area contributed by atoms with E-state index in [1.807, 2.05) is 28.8 Å². The molecule has 0 aromatic carbocycles. The van der Waals surface area contributed by atoms with E-state index in [2.05, 4.69) is 41.6 Å². The van der Waals surface area contributed by atoms with E-state index in [-0.39, 0.29) is 24.0 Å². The molecule has 0 aliphatic heterocycles. The van der Waals surface area contributed by atoms with Crippen LogP contribution in [0, 0.1) is 11.3 Å². The van der Waals surface area contributed by atoms with Gasteiger partial charge in [0.1, 0.15) is 6.54 Å². The van der Waals surface area contributed by atoms with Gasteiger partial charge >= 0.3 is 0 Å². The predicted molar refractivity (Wildman–Crippen MR) is 122 cm³/mol. The summed E-state index contributed by atoms with van der Waals surface area (Å²) < 4.78 is 1.99. The lowest BCUT2D eigenvalue weighted by atomic mass is 9.78. The van der Waals surface area contributed by atoms with Crippen LogP contribution in [0.15, 0.2) is 29.4 Å². The molecule has 0 amide bonds. The second-order valence-electron chi connectivity index (χ2n) is 7.90. The lowest BCUT2D eigenvalue weighted by Gasteiger charge is -2.31. The minimum absolute atomic E-state index is 0. The third-order valence-corrected chi connectivity index (χ3v) is 5.24. The van der Waals surface area contributed by atoms with Crippen LogP contribution in [0.2, 0.25) is 0 Å². The Morgan fingerprint density at radius 1 is 1.22 bits per heavy atom. The maximum Gasteiger partial charge on any atom is 0.191 e. The fourth-order valence-corrected chi connectivity index (χ4v) is 4.21. The number of rotatable bonds is 7. The standard InChI is InChI=1S/C20H32N6.HI/c1-4-21-19(23-15-20(13-16(2)3)10-6-7-11-20)22-14-18-25-24-17-9-5-8-12-26(17)18;/h5,8-9,12,16H,4,6-7,10-11,13-15H2,1-3H3,(H2,21,22,23);1H. The third-order valence-electron chi connectivity index (χ3n) is 5.24. The number of nitrogens with zero attached hydrogens (tertiary/aromatic N) is 4. The monoisotopic (exact) mass is 484 g/mol. The van der Waals surface area contributed by atoms with Gasteiger partial charge in [0.05, 0.1) is 0 Å². The van der Waals surface area contributed by atoms with E-state index >= 15 is 0 Å². The topological polar surface area (TPSA) is 66.6 Å². The van der Waals surface area contributed by atoms with Crippen LogP contribution in [0.5, 0.6) is 0 Å². The van der Waals surface area contributed by atoms with Crippen LogP contribution >= 0.6 is 24.0 Å². The first-order valence-electron chi connectivity index (χ1n) is 9.93. The Bertz CT molecular complexity index is 733. The van der Waals surface area contributed by atoms with E-state index in [9.17, 15) is 0 Å². The van der Waals surface area contributed by atoms with Crippen LogP contribution in [0.4, 0.5) is 0 Å². The summed E-state index contributed by atoms with van der Waals surface area (Å²) in [6.45, 7) is 9.12. The fraction of sp³-hybridized carbons (Fsp3) is 0.650. The van der Waals surface area contributed by atoms with Gasteiger partial charge in [0.25, 0.3) is 0 Å². The van der Waals surface area contributed by atoms with E-state index in [1.54, 1.807) is 0 Å². The minimum atomic E-state index is 0. The highest BCUT2D eigenvalue weighted by molar-refractivity contribution is 14.0. The van der Waals surface area contributed by atoms with Crippen molar-refractivity contribution >= 4 is 35.6 Å². The van der Waals surface area contributed by atoms with Crippen molar-refractivity contribution in [2.24, 2.45) is 16.3 Å². The van der Waals surface area contributed by atoms with Gasteiger partial charge in [-0.2, -0.15) is 0 Å². The Kier molecular flexibility index (Phi) is 8.31. The Morgan fingerprint density at radius 2 is 2.00 bits per heavy atom. The van der Waals surface area contributed by atoms with E-state index in [4.69, 9.17) is 4.99 Å². The molecule has 0 radical (unpaired) electrons. The zero-order valence-corrected chi connectivity index (χ0v) is 19.1. The molecule has 27 heavy (non-hydrogen) atoms. The van der Waals surface area contributed by atoms with Crippen molar-refractivity contribution in [1.29, 1.82) is 0 Å². The molecule has 2 aromatic rings. The molecule has 150 valence electrons. The first kappa shape index (κ1) is 21.9. The second kappa shape index (κ2) is 10.2. The number of pyridine rings is 1. The molecule has 0 atom stereocenters. The van der Waals surface area contributed by atoms with Gasteiger partial charge in [0.2, 0.25) is 0 Å². The number of aromatic nitrogens is 3. The fourth-order valence-electron chi connectivity index (χ4n) is 4.21. The average molecular weight is 484 g/mol. The number of hydrogen-bond acceptors (Lipinski definition) is 3. The van der Waals surface area contributed by atoms with Crippen LogP contribution in [-0.2, 0) is 6.54 Å². The zero-order valence-electron chi connectivity index (χ0n) is 16.7.